The number of nitrogens with zero attached hydrogens (tertiary/aromatic N) is 5. The fourth-order valence-corrected chi connectivity index (χ4v) is 4.27. The van der Waals surface area contributed by atoms with Crippen LogP contribution in [0.5, 0.6) is 5.75 Å². The third kappa shape index (κ3) is 3.92. The fourth-order valence-electron chi connectivity index (χ4n) is 3.49. The van der Waals surface area contributed by atoms with Gasteiger partial charge in [-0.15, -0.1) is 10.2 Å². The summed E-state index contributed by atoms with van der Waals surface area (Å²) in [4.78, 5) is 13.2. The van der Waals surface area contributed by atoms with E-state index in [1.54, 1.807) is 38.1 Å². The zero-order chi connectivity index (χ0) is 21.9. The van der Waals surface area contributed by atoms with Gasteiger partial charge in [-0.2, -0.15) is 5.10 Å². The predicted octanol–water partition coefficient (Wildman–Crippen LogP) is 3.93. The van der Waals surface area contributed by atoms with E-state index in [1.165, 1.54) is 16.8 Å². The topological polar surface area (TPSA) is 98.9 Å². The van der Waals surface area contributed by atoms with E-state index in [9.17, 15) is 4.79 Å². The molecule has 0 saturated carbocycles. The number of hydrazone groups is 1. The molecule has 0 bridgehead atoms. The van der Waals surface area contributed by atoms with Gasteiger partial charge in [-0.05, 0) is 36.4 Å². The van der Waals surface area contributed by atoms with Crippen molar-refractivity contribution in [2.45, 2.75) is 17.6 Å². The minimum absolute atomic E-state index is 0.134. The summed E-state index contributed by atoms with van der Waals surface area (Å²) in [5, 5.41) is 14.8. The standard InChI is InChI=1S/C22H19N5O4S/c1-29-16-6-2-5-15(11-16)26-14-23-24-22(26)32-13-21(28)27-18(20-8-4-10-31-20)12-17(25-27)19-7-3-9-30-19/h2-11,14,18H,12-13H2,1H3. The van der Waals surface area contributed by atoms with Gasteiger partial charge < -0.3 is 13.6 Å². The van der Waals surface area contributed by atoms with Crippen molar-refractivity contribution in [2.24, 2.45) is 5.10 Å². The smallest absolute Gasteiger partial charge is 0.253 e. The van der Waals surface area contributed by atoms with Crippen molar-refractivity contribution in [3.8, 4) is 11.4 Å². The Kier molecular flexibility index (Phi) is 5.51. The van der Waals surface area contributed by atoms with Crippen LogP contribution in [0.25, 0.3) is 5.69 Å². The molecule has 0 spiro atoms. The molecule has 1 aliphatic heterocycles. The van der Waals surface area contributed by atoms with Crippen LogP contribution in [0.3, 0.4) is 0 Å². The summed E-state index contributed by atoms with van der Waals surface area (Å²) in [6.45, 7) is 0. The first-order valence-electron chi connectivity index (χ1n) is 9.87. The molecule has 1 aromatic carbocycles. The van der Waals surface area contributed by atoms with Crippen molar-refractivity contribution in [1.29, 1.82) is 0 Å². The highest BCUT2D eigenvalue weighted by Gasteiger charge is 2.35. The van der Waals surface area contributed by atoms with Crippen molar-refractivity contribution in [3.05, 3.63) is 78.9 Å². The Hall–Kier alpha value is -3.79. The molecule has 10 heteroatoms. The molecule has 5 rings (SSSR count). The lowest BCUT2D eigenvalue weighted by molar-refractivity contribution is -0.130. The minimum Gasteiger partial charge on any atom is -0.497 e. The summed E-state index contributed by atoms with van der Waals surface area (Å²) >= 11 is 1.29. The molecule has 4 aromatic rings. The molecular weight excluding hydrogens is 430 g/mol. The molecule has 0 aliphatic carbocycles. The van der Waals surface area contributed by atoms with Crippen LogP contribution < -0.4 is 4.74 Å². The Morgan fingerprint density at radius 1 is 1.19 bits per heavy atom. The van der Waals surface area contributed by atoms with Gasteiger partial charge in [0.2, 0.25) is 0 Å². The number of carbonyl (C=O) groups is 1. The van der Waals surface area contributed by atoms with Crippen molar-refractivity contribution in [1.82, 2.24) is 19.8 Å². The van der Waals surface area contributed by atoms with Gasteiger partial charge in [-0.3, -0.25) is 9.36 Å². The number of rotatable bonds is 7. The van der Waals surface area contributed by atoms with Crippen LogP contribution in [0, 0.1) is 0 Å². The molecule has 1 aliphatic rings. The number of furan rings is 2. The lowest BCUT2D eigenvalue weighted by Gasteiger charge is -2.19. The molecule has 9 nitrogen and oxygen atoms in total. The number of benzene rings is 1. The molecule has 1 unspecified atom stereocenters. The average molecular weight is 449 g/mol. The zero-order valence-corrected chi connectivity index (χ0v) is 17.9. The first-order chi connectivity index (χ1) is 15.7. The maximum Gasteiger partial charge on any atom is 0.253 e. The van der Waals surface area contributed by atoms with Gasteiger partial charge in [-0.25, -0.2) is 5.01 Å². The quantitative estimate of drug-likeness (QED) is 0.394. The van der Waals surface area contributed by atoms with Crippen molar-refractivity contribution < 1.29 is 18.4 Å². The number of carbonyl (C=O) groups excluding carboxylic acids is 1. The van der Waals surface area contributed by atoms with E-state index in [1.807, 2.05) is 41.0 Å². The third-order valence-corrected chi connectivity index (χ3v) is 5.94. The minimum atomic E-state index is -0.325. The van der Waals surface area contributed by atoms with Crippen LogP contribution in [0.15, 0.2) is 86.5 Å². The number of thioether (sulfide) groups is 1. The van der Waals surface area contributed by atoms with Crippen LogP contribution in [0.2, 0.25) is 0 Å². The van der Waals surface area contributed by atoms with Crippen LogP contribution in [-0.4, -0.2) is 44.3 Å². The highest BCUT2D eigenvalue weighted by Crippen LogP contribution is 2.34. The van der Waals surface area contributed by atoms with Gasteiger partial charge in [0, 0.05) is 12.5 Å². The van der Waals surface area contributed by atoms with Crippen molar-refractivity contribution >= 4 is 23.4 Å². The fraction of sp³-hybridized carbons (Fsp3) is 0.182. The average Bonchev–Trinajstić information content (AvgIpc) is 3.63. The Bertz CT molecular complexity index is 1230. The van der Waals surface area contributed by atoms with Gasteiger partial charge in [0.05, 0.1) is 31.1 Å². The van der Waals surface area contributed by atoms with E-state index in [-0.39, 0.29) is 17.7 Å². The molecule has 0 N–H and O–H groups in total. The molecule has 3 aromatic heterocycles. The Labute approximate surface area is 187 Å². The monoisotopic (exact) mass is 449 g/mol. The summed E-state index contributed by atoms with van der Waals surface area (Å²) in [5.41, 5.74) is 1.55. The van der Waals surface area contributed by atoms with E-state index in [2.05, 4.69) is 15.3 Å². The number of aromatic nitrogens is 3. The van der Waals surface area contributed by atoms with Crippen LogP contribution in [0.4, 0.5) is 0 Å². The normalized spacial score (nSPS) is 15.7. The summed E-state index contributed by atoms with van der Waals surface area (Å²) < 4.78 is 18.2. The van der Waals surface area contributed by atoms with Gasteiger partial charge >= 0.3 is 0 Å². The number of ether oxygens (including phenoxy) is 1. The first-order valence-corrected chi connectivity index (χ1v) is 10.9. The molecule has 0 fully saturated rings. The van der Waals surface area contributed by atoms with Crippen LogP contribution in [-0.2, 0) is 4.79 Å². The van der Waals surface area contributed by atoms with E-state index >= 15 is 0 Å². The van der Waals surface area contributed by atoms with Crippen LogP contribution >= 0.6 is 11.8 Å². The summed E-state index contributed by atoms with van der Waals surface area (Å²) in [5.74, 6) is 2.00. The van der Waals surface area contributed by atoms with E-state index in [4.69, 9.17) is 13.6 Å². The summed E-state index contributed by atoms with van der Waals surface area (Å²) in [7, 11) is 1.61. The number of amides is 1. The zero-order valence-electron chi connectivity index (χ0n) is 17.1. The summed E-state index contributed by atoms with van der Waals surface area (Å²) in [6, 6.07) is 14.5. The molecule has 32 heavy (non-hydrogen) atoms. The lowest BCUT2D eigenvalue weighted by Crippen LogP contribution is -2.28. The second kappa shape index (κ2) is 8.75. The number of hydrogen-bond acceptors (Lipinski definition) is 8. The maximum absolute atomic E-state index is 13.2. The Balaban J connectivity index is 1.35. The summed E-state index contributed by atoms with van der Waals surface area (Å²) in [6.07, 6.45) is 5.30. The SMILES string of the molecule is COc1cccc(-n2cnnc2SCC(=O)N2N=C(c3ccco3)CC2c2ccco2)c1. The second-order valence-corrected chi connectivity index (χ2v) is 7.91. The van der Waals surface area contributed by atoms with Crippen molar-refractivity contribution in [2.75, 3.05) is 12.9 Å². The molecule has 1 amide bonds. The predicted molar refractivity (Wildman–Crippen MR) is 117 cm³/mol. The van der Waals surface area contributed by atoms with E-state index < -0.39 is 0 Å². The van der Waals surface area contributed by atoms with E-state index in [0.29, 0.717) is 28.8 Å². The first kappa shape index (κ1) is 20.1. The van der Waals surface area contributed by atoms with E-state index in [0.717, 1.165) is 11.4 Å². The van der Waals surface area contributed by atoms with Gasteiger partial charge in [0.25, 0.3) is 5.91 Å². The molecule has 0 saturated heterocycles. The third-order valence-electron chi connectivity index (χ3n) is 5.02. The molecular formula is C22H19N5O4S. The van der Waals surface area contributed by atoms with Gasteiger partial charge in [0.1, 0.15) is 35.4 Å². The second-order valence-electron chi connectivity index (χ2n) is 6.97. The number of methoxy groups -OCH3 is 1. The largest absolute Gasteiger partial charge is 0.497 e. The van der Waals surface area contributed by atoms with Gasteiger partial charge in [-0.1, -0.05) is 17.8 Å². The highest BCUT2D eigenvalue weighted by molar-refractivity contribution is 7.99. The molecule has 0 radical (unpaired) electrons. The molecule has 4 heterocycles. The Morgan fingerprint density at radius 3 is 2.84 bits per heavy atom. The lowest BCUT2D eigenvalue weighted by atomic mass is 10.1. The number of hydrogen-bond donors (Lipinski definition) is 0. The van der Waals surface area contributed by atoms with Gasteiger partial charge in [0.15, 0.2) is 5.16 Å². The van der Waals surface area contributed by atoms with Crippen LogP contribution in [0.1, 0.15) is 24.0 Å². The molecule has 162 valence electrons. The highest BCUT2D eigenvalue weighted by atomic mass is 32.2. The van der Waals surface area contributed by atoms with Crippen molar-refractivity contribution in [3.63, 3.8) is 0 Å². The Morgan fingerprint density at radius 2 is 2.06 bits per heavy atom. The maximum atomic E-state index is 13.2. The molecule has 1 atom stereocenters.